The molecule has 5 unspecified atom stereocenters. The number of hydrogen-bond donors (Lipinski definition) is 2. The Morgan fingerprint density at radius 1 is 1.29 bits per heavy atom. The fraction of sp³-hybridized carbons (Fsp3) is 0.826. The number of unbranched alkanes of at least 4 members (excludes halogenated alkanes) is 1. The van der Waals surface area contributed by atoms with Gasteiger partial charge in [-0.05, 0) is 57.3 Å². The van der Waals surface area contributed by atoms with E-state index in [0.717, 1.165) is 44.9 Å². The van der Waals surface area contributed by atoms with Crippen LogP contribution in [0, 0.1) is 23.7 Å². The van der Waals surface area contributed by atoms with E-state index >= 15 is 0 Å². The van der Waals surface area contributed by atoms with E-state index in [2.05, 4.69) is 6.92 Å². The van der Waals surface area contributed by atoms with Crippen LogP contribution in [0.3, 0.4) is 0 Å². The molecule has 0 saturated heterocycles. The molecule has 2 fully saturated rings. The number of aliphatic hydroxyl groups is 2. The highest BCUT2D eigenvalue weighted by Crippen LogP contribution is 2.47. The fourth-order valence-electron chi connectivity index (χ4n) is 4.55. The van der Waals surface area contributed by atoms with Gasteiger partial charge in [-0.15, -0.1) is 0 Å². The van der Waals surface area contributed by atoms with Crippen LogP contribution in [0.15, 0.2) is 12.2 Å². The summed E-state index contributed by atoms with van der Waals surface area (Å²) in [7, 11) is 1.42. The number of methoxy groups -OCH3 is 1. The van der Waals surface area contributed by atoms with Crippen molar-refractivity contribution in [1.29, 1.82) is 0 Å². The molecule has 2 rings (SSSR count). The van der Waals surface area contributed by atoms with Gasteiger partial charge in [0.05, 0.1) is 18.8 Å². The SMILES string of the molecule is CCCCC(C)(O)C/C=C/C1C(CCC2CC2CCC(=O)OC)C(=O)C[C@H]1O. The molecule has 0 radical (unpaired) electrons. The highest BCUT2D eigenvalue weighted by molar-refractivity contribution is 5.84. The molecule has 0 aromatic carbocycles. The molecule has 0 aliphatic heterocycles. The van der Waals surface area contributed by atoms with Crippen molar-refractivity contribution in [2.24, 2.45) is 23.7 Å². The minimum Gasteiger partial charge on any atom is -0.469 e. The number of hydrogen-bond acceptors (Lipinski definition) is 5. The zero-order valence-corrected chi connectivity index (χ0v) is 17.7. The highest BCUT2D eigenvalue weighted by Gasteiger charge is 2.42. The van der Waals surface area contributed by atoms with E-state index in [1.54, 1.807) is 0 Å². The average Bonchev–Trinajstić information content (AvgIpc) is 3.35. The molecular weight excluding hydrogens is 356 g/mol. The van der Waals surface area contributed by atoms with E-state index in [9.17, 15) is 19.8 Å². The average molecular weight is 395 g/mol. The normalized spacial score (nSPS) is 31.9. The van der Waals surface area contributed by atoms with Crippen LogP contribution in [0.1, 0.15) is 78.1 Å². The van der Waals surface area contributed by atoms with Crippen molar-refractivity contribution in [2.75, 3.05) is 7.11 Å². The van der Waals surface area contributed by atoms with Gasteiger partial charge in [-0.1, -0.05) is 31.9 Å². The zero-order valence-electron chi connectivity index (χ0n) is 17.7. The van der Waals surface area contributed by atoms with Crippen LogP contribution < -0.4 is 0 Å². The van der Waals surface area contributed by atoms with Crippen LogP contribution in [-0.4, -0.2) is 40.8 Å². The highest BCUT2D eigenvalue weighted by atomic mass is 16.5. The summed E-state index contributed by atoms with van der Waals surface area (Å²) in [5.41, 5.74) is -0.726. The fourth-order valence-corrected chi connectivity index (χ4v) is 4.55. The van der Waals surface area contributed by atoms with Crippen molar-refractivity contribution in [3.63, 3.8) is 0 Å². The second kappa shape index (κ2) is 10.5. The maximum atomic E-state index is 12.4. The summed E-state index contributed by atoms with van der Waals surface area (Å²) in [6.45, 7) is 3.96. The molecule has 0 aromatic heterocycles. The van der Waals surface area contributed by atoms with Gasteiger partial charge in [-0.3, -0.25) is 9.59 Å². The molecule has 5 nitrogen and oxygen atoms in total. The molecule has 0 bridgehead atoms. The molecule has 160 valence electrons. The van der Waals surface area contributed by atoms with E-state index in [1.807, 2.05) is 19.1 Å². The lowest BCUT2D eigenvalue weighted by molar-refractivity contribution is -0.140. The van der Waals surface area contributed by atoms with E-state index in [-0.39, 0.29) is 30.0 Å². The summed E-state index contributed by atoms with van der Waals surface area (Å²) in [4.78, 5) is 23.6. The van der Waals surface area contributed by atoms with Gasteiger partial charge >= 0.3 is 5.97 Å². The van der Waals surface area contributed by atoms with Crippen LogP contribution in [0.2, 0.25) is 0 Å². The molecule has 0 aromatic rings. The number of esters is 1. The summed E-state index contributed by atoms with van der Waals surface area (Å²) >= 11 is 0. The minimum absolute atomic E-state index is 0.117. The third kappa shape index (κ3) is 7.00. The van der Waals surface area contributed by atoms with Gasteiger partial charge in [0.2, 0.25) is 0 Å². The summed E-state index contributed by atoms with van der Waals surface area (Å²) in [5.74, 6) is 0.916. The van der Waals surface area contributed by atoms with Crippen LogP contribution in [0.25, 0.3) is 0 Å². The monoisotopic (exact) mass is 394 g/mol. The standard InChI is InChI=1S/C23H38O5/c1-4-5-12-23(2,27)13-6-7-18-19(21(25)15-20(18)24)10-8-16-14-17(16)9-11-22(26)28-3/h6-7,16-20,24,27H,4-5,8-15H2,1-3H3/b7-6+/t16?,17?,18?,19?,20-,23?/m1/s1. The van der Waals surface area contributed by atoms with Crippen LogP contribution >= 0.6 is 0 Å². The van der Waals surface area contributed by atoms with E-state index in [1.165, 1.54) is 7.11 Å². The molecule has 0 heterocycles. The maximum Gasteiger partial charge on any atom is 0.305 e. The lowest BCUT2D eigenvalue weighted by atomic mass is 9.87. The van der Waals surface area contributed by atoms with E-state index < -0.39 is 11.7 Å². The van der Waals surface area contributed by atoms with Crippen LogP contribution in [0.4, 0.5) is 0 Å². The molecule has 0 amide bonds. The van der Waals surface area contributed by atoms with Gasteiger partial charge in [0, 0.05) is 24.7 Å². The number of carbonyl (C=O) groups excluding carboxylic acids is 2. The molecule has 2 saturated carbocycles. The number of ketones is 1. The Morgan fingerprint density at radius 3 is 2.68 bits per heavy atom. The number of rotatable bonds is 12. The van der Waals surface area contributed by atoms with Crippen molar-refractivity contribution >= 4 is 11.8 Å². The predicted octanol–water partition coefficient (Wildman–Crippen LogP) is 3.81. The molecular formula is C23H38O5. The first kappa shape index (κ1) is 23.1. The molecule has 5 heteroatoms. The molecule has 6 atom stereocenters. The van der Waals surface area contributed by atoms with Gasteiger partial charge in [-0.2, -0.15) is 0 Å². The lowest BCUT2D eigenvalue weighted by Crippen LogP contribution is -2.23. The van der Waals surface area contributed by atoms with Gasteiger partial charge in [-0.25, -0.2) is 0 Å². The van der Waals surface area contributed by atoms with E-state index in [4.69, 9.17) is 4.74 Å². The van der Waals surface area contributed by atoms with Crippen LogP contribution in [0.5, 0.6) is 0 Å². The second-order valence-electron chi connectivity index (χ2n) is 9.10. The van der Waals surface area contributed by atoms with Crippen molar-refractivity contribution < 1.29 is 24.5 Å². The Bertz CT molecular complexity index is 553. The second-order valence-corrected chi connectivity index (χ2v) is 9.10. The Hall–Kier alpha value is -1.20. The third-order valence-electron chi connectivity index (χ3n) is 6.58. The summed E-state index contributed by atoms with van der Waals surface area (Å²) in [5, 5.41) is 20.7. The number of ether oxygens (including phenoxy) is 1. The molecule has 0 spiro atoms. The quantitative estimate of drug-likeness (QED) is 0.388. The third-order valence-corrected chi connectivity index (χ3v) is 6.58. The Morgan fingerprint density at radius 2 is 2.00 bits per heavy atom. The number of carbonyl (C=O) groups is 2. The van der Waals surface area contributed by atoms with Crippen molar-refractivity contribution in [3.05, 3.63) is 12.2 Å². The Balaban J connectivity index is 1.79. The van der Waals surface area contributed by atoms with Crippen LogP contribution in [-0.2, 0) is 14.3 Å². The molecule has 2 aliphatic rings. The molecule has 28 heavy (non-hydrogen) atoms. The topological polar surface area (TPSA) is 83.8 Å². The summed E-state index contributed by atoms with van der Waals surface area (Å²) < 4.78 is 4.69. The maximum absolute atomic E-state index is 12.4. The number of Topliss-reactive ketones (excluding diaryl/α,β-unsaturated/α-hetero) is 1. The first-order valence-corrected chi connectivity index (χ1v) is 10.9. The van der Waals surface area contributed by atoms with Gasteiger partial charge in [0.15, 0.2) is 0 Å². The van der Waals surface area contributed by atoms with Gasteiger partial charge in [0.25, 0.3) is 0 Å². The minimum atomic E-state index is -0.726. The van der Waals surface area contributed by atoms with Crippen molar-refractivity contribution in [1.82, 2.24) is 0 Å². The molecule has 2 N–H and O–H groups in total. The Labute approximate surface area is 169 Å². The van der Waals surface area contributed by atoms with Gasteiger partial charge in [0.1, 0.15) is 5.78 Å². The molecule has 2 aliphatic carbocycles. The number of aliphatic hydroxyl groups excluding tert-OH is 1. The van der Waals surface area contributed by atoms with E-state index in [0.29, 0.717) is 24.7 Å². The summed E-state index contributed by atoms with van der Waals surface area (Å²) in [6, 6.07) is 0. The first-order chi connectivity index (χ1) is 13.3. The largest absolute Gasteiger partial charge is 0.469 e. The predicted molar refractivity (Wildman–Crippen MR) is 109 cm³/mol. The van der Waals surface area contributed by atoms with Crippen molar-refractivity contribution in [2.45, 2.75) is 89.8 Å². The Kier molecular flexibility index (Phi) is 8.69. The first-order valence-electron chi connectivity index (χ1n) is 10.9. The lowest BCUT2D eigenvalue weighted by Gasteiger charge is -2.22. The zero-order chi connectivity index (χ0) is 20.7. The summed E-state index contributed by atoms with van der Waals surface area (Å²) in [6.07, 6.45) is 11.2. The smallest absolute Gasteiger partial charge is 0.305 e. The van der Waals surface area contributed by atoms with Crippen molar-refractivity contribution in [3.8, 4) is 0 Å². The van der Waals surface area contributed by atoms with Gasteiger partial charge < -0.3 is 14.9 Å².